The highest BCUT2D eigenvalue weighted by Gasteiger charge is 2.38. The SMILES string of the molecule is COc1cccc2c1OP(Oc1c(-c3cc(C(C)(C)C)cc([Si](C)(C)C)c3Op3oc4c([Si](C)(C)C)cc(C(C)(C)C)cc4c4cc(C(C)(C)C)cc([Si](C)(C)C)c4o3)cc(C(C)(C)C)cc1[Si](C)(C)C)OC2. The van der Waals surface area contributed by atoms with Gasteiger partial charge in [-0.2, -0.15) is 0 Å². The van der Waals surface area contributed by atoms with E-state index in [2.05, 4.69) is 210 Å². The lowest BCUT2D eigenvalue weighted by Gasteiger charge is -2.32. The van der Waals surface area contributed by atoms with Crippen molar-refractivity contribution in [3.05, 3.63) is 94.5 Å². The molecule has 0 spiro atoms. The predicted octanol–water partition coefficient (Wildman–Crippen LogP) is 17.4. The highest BCUT2D eigenvalue weighted by molar-refractivity contribution is 7.42. The topological polar surface area (TPSA) is 72.4 Å². The lowest BCUT2D eigenvalue weighted by molar-refractivity contribution is 0.228. The van der Waals surface area contributed by atoms with E-state index >= 15 is 0 Å². The molecule has 7 nitrogen and oxygen atoms in total. The Kier molecular flexibility index (Phi) is 15.3. The second-order valence-electron chi connectivity index (χ2n) is 28.7. The molecule has 73 heavy (non-hydrogen) atoms. The lowest BCUT2D eigenvalue weighted by Crippen LogP contribution is -2.40. The van der Waals surface area contributed by atoms with E-state index in [9.17, 15) is 0 Å². The number of hydrogen-bond acceptors (Lipinski definition) is 7. The monoisotopic (exact) mass is 1090 g/mol. The lowest BCUT2D eigenvalue weighted by atomic mass is 9.83. The molecule has 0 amide bonds. The quantitative estimate of drug-likeness (QED) is 0.0999. The van der Waals surface area contributed by atoms with E-state index in [-0.39, 0.29) is 21.7 Å². The maximum Gasteiger partial charge on any atom is 0.463 e. The predicted molar refractivity (Wildman–Crippen MR) is 327 cm³/mol. The Morgan fingerprint density at radius 3 is 1.21 bits per heavy atom. The minimum Gasteiger partial charge on any atom is -0.493 e. The van der Waals surface area contributed by atoms with E-state index in [0.29, 0.717) is 18.1 Å². The first-order valence-electron chi connectivity index (χ1n) is 26.2. The van der Waals surface area contributed by atoms with E-state index in [1.165, 1.54) is 43.0 Å². The van der Waals surface area contributed by atoms with Crippen LogP contribution in [0.15, 0.2) is 75.1 Å². The molecule has 0 saturated heterocycles. The van der Waals surface area contributed by atoms with Crippen LogP contribution in [-0.4, -0.2) is 39.4 Å². The third kappa shape index (κ3) is 12.2. The van der Waals surface area contributed by atoms with Crippen LogP contribution < -0.4 is 39.1 Å². The van der Waals surface area contributed by atoms with Crippen LogP contribution in [-0.2, 0) is 32.8 Å². The standard InChI is InChI=1S/C60H88O7P2Si4/c1-57(2,3)39-29-43(53(48(33-39)70(14,15)16)64-68-62-37-38-27-26-28-47(61-13)52(38)63-68)44-30-40(58(4,5)6)34-49(71(17,18)19)54(44)65-69-66-55-45(31-41(59(7,8)9)35-50(55)72(20,21)22)46-32-42(60(10,11)12)36-51(56(46)67-69)73(23,24)25/h26-36H,37H2,1-25H3. The van der Waals surface area contributed by atoms with Crippen LogP contribution in [0.5, 0.6) is 23.0 Å². The molecule has 1 unspecified atom stereocenters. The number of benzene rings is 5. The van der Waals surface area contributed by atoms with Crippen molar-refractivity contribution in [2.45, 2.75) is 190 Å². The van der Waals surface area contributed by atoms with Crippen molar-refractivity contribution in [3.8, 4) is 34.1 Å². The van der Waals surface area contributed by atoms with Crippen molar-refractivity contribution in [3.63, 3.8) is 0 Å². The zero-order chi connectivity index (χ0) is 54.6. The van der Waals surface area contributed by atoms with Gasteiger partial charge in [0, 0.05) is 27.5 Å². The summed E-state index contributed by atoms with van der Waals surface area (Å²) in [5.41, 5.74) is 9.05. The van der Waals surface area contributed by atoms with Gasteiger partial charge in [0.1, 0.15) is 22.7 Å². The molecule has 0 saturated carbocycles. The molecule has 1 aliphatic heterocycles. The molecular weight excluding hydrogens is 1010 g/mol. The molecule has 0 bridgehead atoms. The molecular formula is C60H88O7P2Si4. The first-order valence-corrected chi connectivity index (χ1v) is 42.4. The van der Waals surface area contributed by atoms with Crippen molar-refractivity contribution in [1.82, 2.24) is 0 Å². The van der Waals surface area contributed by atoms with Crippen LogP contribution in [0.25, 0.3) is 33.1 Å². The average molecular weight is 1100 g/mol. The van der Waals surface area contributed by atoms with Gasteiger partial charge in [-0.05, 0) is 95.0 Å². The van der Waals surface area contributed by atoms with Crippen LogP contribution in [0.3, 0.4) is 0 Å². The molecule has 13 heteroatoms. The largest absolute Gasteiger partial charge is 0.493 e. The summed E-state index contributed by atoms with van der Waals surface area (Å²) in [4.78, 5) is 0. The van der Waals surface area contributed by atoms with E-state index in [1.54, 1.807) is 7.11 Å². The Labute approximate surface area is 446 Å². The van der Waals surface area contributed by atoms with E-state index in [1.807, 2.05) is 18.2 Å². The Hall–Kier alpha value is -3.54. The molecule has 1 atom stereocenters. The van der Waals surface area contributed by atoms with Gasteiger partial charge in [-0.1, -0.05) is 198 Å². The minimum absolute atomic E-state index is 0.0994. The summed E-state index contributed by atoms with van der Waals surface area (Å²) < 4.78 is 49.4. The highest BCUT2D eigenvalue weighted by atomic mass is 31.2. The number of fused-ring (bicyclic) bond motifs is 4. The Balaban J connectivity index is 1.67. The molecule has 396 valence electrons. The van der Waals surface area contributed by atoms with E-state index < -0.39 is 49.1 Å². The summed E-state index contributed by atoms with van der Waals surface area (Å²) >= 11 is 0. The highest BCUT2D eigenvalue weighted by Crippen LogP contribution is 2.54. The number of rotatable bonds is 10. The maximum absolute atomic E-state index is 7.83. The zero-order valence-electron chi connectivity index (χ0n) is 49.3. The Morgan fingerprint density at radius 2 is 0.836 bits per heavy atom. The summed E-state index contributed by atoms with van der Waals surface area (Å²) in [7, 11) is -10.9. The molecule has 0 N–H and O–H groups in total. The average Bonchev–Trinajstić information content (AvgIpc) is 3.38. The Morgan fingerprint density at radius 1 is 0.466 bits per heavy atom. The fourth-order valence-electron chi connectivity index (χ4n) is 9.23. The molecule has 1 aromatic heterocycles. The van der Waals surface area contributed by atoms with Crippen molar-refractivity contribution < 1.29 is 31.2 Å². The van der Waals surface area contributed by atoms with E-state index in [0.717, 1.165) is 50.1 Å². The third-order valence-electron chi connectivity index (χ3n) is 14.1. The molecule has 1 aliphatic rings. The van der Waals surface area contributed by atoms with Crippen molar-refractivity contribution >= 4 is 91.8 Å². The molecule has 0 aliphatic carbocycles. The molecule has 7 rings (SSSR count). The molecule has 0 radical (unpaired) electrons. The van der Waals surface area contributed by atoms with Crippen molar-refractivity contribution in [2.24, 2.45) is 0 Å². The van der Waals surface area contributed by atoms with Gasteiger partial charge in [-0.15, -0.1) is 0 Å². The van der Waals surface area contributed by atoms with Crippen LogP contribution in [0.2, 0.25) is 78.6 Å². The Bertz CT molecular complexity index is 3010. The molecule has 5 aromatic carbocycles. The van der Waals surface area contributed by atoms with Crippen LogP contribution in [0, 0.1) is 0 Å². The summed E-state index contributed by atoms with van der Waals surface area (Å²) in [6.45, 7) is 57.0. The van der Waals surface area contributed by atoms with Gasteiger partial charge in [0.25, 0.3) is 0 Å². The third-order valence-corrected chi connectivity index (χ3v) is 24.0. The van der Waals surface area contributed by atoms with Crippen LogP contribution in [0.4, 0.5) is 0 Å². The van der Waals surface area contributed by atoms with Gasteiger partial charge < -0.3 is 26.7 Å². The summed E-state index contributed by atoms with van der Waals surface area (Å²) in [6, 6.07) is 25.1. The van der Waals surface area contributed by atoms with Gasteiger partial charge in [-0.25, -0.2) is 0 Å². The van der Waals surface area contributed by atoms with E-state index in [4.69, 9.17) is 31.2 Å². The summed E-state index contributed by atoms with van der Waals surface area (Å²) in [5, 5.41) is 7.12. The normalized spacial score (nSPS) is 15.3. The second-order valence-corrected chi connectivity index (χ2v) is 50.9. The fourth-order valence-corrected chi connectivity index (χ4v) is 17.6. The van der Waals surface area contributed by atoms with Gasteiger partial charge in [-0.3, -0.25) is 4.52 Å². The summed E-state index contributed by atoms with van der Waals surface area (Å²) in [6.07, 6.45) is 0. The number of ether oxygens (including phenoxy) is 1. The molecule has 0 fully saturated rings. The second kappa shape index (κ2) is 19.5. The van der Waals surface area contributed by atoms with Gasteiger partial charge in [0.2, 0.25) is 0 Å². The zero-order valence-corrected chi connectivity index (χ0v) is 55.1. The smallest absolute Gasteiger partial charge is 0.463 e. The number of para-hydroxylation sites is 1. The van der Waals surface area contributed by atoms with Crippen molar-refractivity contribution in [1.29, 1.82) is 0 Å². The van der Waals surface area contributed by atoms with Crippen LogP contribution in [0.1, 0.15) is 111 Å². The van der Waals surface area contributed by atoms with Gasteiger partial charge in [0.15, 0.2) is 11.5 Å². The number of methoxy groups -OCH3 is 1. The minimum atomic E-state index is -2.25. The van der Waals surface area contributed by atoms with Gasteiger partial charge in [0.05, 0.1) is 46.0 Å². The first kappa shape index (κ1) is 57.2. The first-order chi connectivity index (χ1) is 33.2. The number of hydrogen-bond donors (Lipinski definition) is 0. The summed E-state index contributed by atoms with van der Waals surface area (Å²) in [5.74, 6) is 2.88. The van der Waals surface area contributed by atoms with Crippen molar-refractivity contribution in [2.75, 3.05) is 7.11 Å². The molecule has 2 heterocycles. The van der Waals surface area contributed by atoms with Crippen LogP contribution >= 0.6 is 16.8 Å². The van der Waals surface area contributed by atoms with Gasteiger partial charge >= 0.3 is 16.8 Å². The fraction of sp³-hybridized carbons (Fsp3) is 0.500. The molecule has 6 aromatic rings. The maximum atomic E-state index is 7.83.